The molecule has 1 saturated carbocycles. The molecule has 0 spiro atoms. The summed E-state index contributed by atoms with van der Waals surface area (Å²) in [5.41, 5.74) is 2.43. The van der Waals surface area contributed by atoms with Gasteiger partial charge >= 0.3 is 6.18 Å². The van der Waals surface area contributed by atoms with E-state index in [1.807, 2.05) is 12.1 Å². The molecule has 1 unspecified atom stereocenters. The van der Waals surface area contributed by atoms with E-state index in [-0.39, 0.29) is 0 Å². The van der Waals surface area contributed by atoms with Crippen LogP contribution in [0.2, 0.25) is 0 Å². The number of aryl methyl sites for hydroxylation is 2. The van der Waals surface area contributed by atoms with Crippen LogP contribution in [0.25, 0.3) is 11.5 Å². The molecule has 3 heterocycles. The second kappa shape index (κ2) is 7.17. The van der Waals surface area contributed by atoms with Crippen molar-refractivity contribution < 1.29 is 22.4 Å². The van der Waals surface area contributed by atoms with Gasteiger partial charge in [0, 0.05) is 36.8 Å². The normalized spacial score (nSPS) is 18.6. The maximum Gasteiger partial charge on any atom is 0.453 e. The van der Waals surface area contributed by atoms with Gasteiger partial charge in [-0.3, -0.25) is 9.78 Å². The van der Waals surface area contributed by atoms with Crippen LogP contribution in [-0.4, -0.2) is 30.6 Å². The lowest BCUT2D eigenvalue weighted by atomic mass is 9.97. The molecule has 0 aromatic carbocycles. The van der Waals surface area contributed by atoms with Gasteiger partial charge in [-0.25, -0.2) is 9.67 Å². The Morgan fingerprint density at radius 1 is 1.26 bits per heavy atom. The summed E-state index contributed by atoms with van der Waals surface area (Å²) in [5, 5.41) is 6.03. The summed E-state index contributed by atoms with van der Waals surface area (Å²) in [6, 6.07) is 3.32. The van der Waals surface area contributed by atoms with Gasteiger partial charge in [0.25, 0.3) is 11.7 Å². The zero-order valence-corrected chi connectivity index (χ0v) is 16.6. The fraction of sp³-hybridized carbons (Fsp3) is 0.450. The van der Waals surface area contributed by atoms with Crippen LogP contribution in [0.15, 0.2) is 22.7 Å². The second-order valence-electron chi connectivity index (χ2n) is 7.87. The van der Waals surface area contributed by atoms with Crippen LogP contribution in [-0.2, 0) is 19.6 Å². The highest BCUT2D eigenvalue weighted by atomic mass is 19.4. The Labute approximate surface area is 174 Å². The Morgan fingerprint density at radius 3 is 2.77 bits per heavy atom. The zero-order valence-electron chi connectivity index (χ0n) is 16.6. The molecule has 31 heavy (non-hydrogen) atoms. The highest BCUT2D eigenvalue weighted by Crippen LogP contribution is 2.40. The number of nitrogens with zero attached hydrogens (tertiary/aromatic N) is 5. The van der Waals surface area contributed by atoms with Crippen LogP contribution in [0.5, 0.6) is 0 Å². The summed E-state index contributed by atoms with van der Waals surface area (Å²) in [4.78, 5) is 25.0. The number of aromatic nitrogens is 5. The Morgan fingerprint density at radius 2 is 2.06 bits per heavy atom. The minimum atomic E-state index is -4.72. The number of rotatable bonds is 4. The zero-order chi connectivity index (χ0) is 21.8. The summed E-state index contributed by atoms with van der Waals surface area (Å²) >= 11 is 0. The van der Waals surface area contributed by atoms with Crippen molar-refractivity contribution in [2.75, 3.05) is 0 Å². The maximum atomic E-state index is 12.8. The monoisotopic (exact) mass is 432 g/mol. The van der Waals surface area contributed by atoms with Gasteiger partial charge in [-0.15, -0.1) is 5.10 Å². The molecular formula is C20H19F3N6O2. The molecule has 0 saturated heterocycles. The van der Waals surface area contributed by atoms with Gasteiger partial charge in [0.1, 0.15) is 11.5 Å². The minimum Gasteiger partial charge on any atom is -0.441 e. The third-order valence-electron chi connectivity index (χ3n) is 5.50. The quantitative estimate of drug-likeness (QED) is 0.677. The van der Waals surface area contributed by atoms with E-state index in [1.165, 1.54) is 7.05 Å². The molecule has 5 rings (SSSR count). The predicted molar refractivity (Wildman–Crippen MR) is 101 cm³/mol. The summed E-state index contributed by atoms with van der Waals surface area (Å²) in [7, 11) is 1.25. The number of halogens is 3. The number of oxazole rings is 1. The number of carbonyl (C=O) groups is 1. The highest BCUT2D eigenvalue weighted by molar-refractivity contribution is 5.91. The van der Waals surface area contributed by atoms with Crippen LogP contribution in [0.1, 0.15) is 71.2 Å². The number of amides is 1. The molecule has 1 amide bonds. The summed E-state index contributed by atoms with van der Waals surface area (Å²) in [6.07, 6.45) is 1.30. The molecule has 0 radical (unpaired) electrons. The van der Waals surface area contributed by atoms with Crippen LogP contribution in [0.3, 0.4) is 0 Å². The summed E-state index contributed by atoms with van der Waals surface area (Å²) in [5.74, 6) is -0.889. The highest BCUT2D eigenvalue weighted by Gasteiger charge is 2.38. The molecule has 1 N–H and O–H groups in total. The van der Waals surface area contributed by atoms with Gasteiger partial charge in [0.2, 0.25) is 11.7 Å². The van der Waals surface area contributed by atoms with Gasteiger partial charge in [-0.05, 0) is 37.8 Å². The molecule has 0 bridgehead atoms. The number of nitrogens with one attached hydrogen (secondary N) is 1. The van der Waals surface area contributed by atoms with E-state index >= 15 is 0 Å². The Hall–Kier alpha value is -3.24. The predicted octanol–water partition coefficient (Wildman–Crippen LogP) is 3.57. The average molecular weight is 432 g/mol. The van der Waals surface area contributed by atoms with Gasteiger partial charge < -0.3 is 9.73 Å². The van der Waals surface area contributed by atoms with Crippen LogP contribution >= 0.6 is 0 Å². The molecule has 3 aromatic heterocycles. The van der Waals surface area contributed by atoms with E-state index in [4.69, 9.17) is 4.42 Å². The van der Waals surface area contributed by atoms with Crippen molar-refractivity contribution >= 4 is 5.91 Å². The first-order chi connectivity index (χ1) is 14.8. The lowest BCUT2D eigenvalue weighted by Gasteiger charge is -2.20. The fourth-order valence-electron chi connectivity index (χ4n) is 3.79. The van der Waals surface area contributed by atoms with Crippen LogP contribution < -0.4 is 5.32 Å². The Balaban J connectivity index is 1.39. The largest absolute Gasteiger partial charge is 0.453 e. The molecule has 8 nitrogen and oxygen atoms in total. The standard InChI is InChI=1S/C20H19F3N6O2/c1-29-16(27-19(28-29)20(21,22)23)17(30)25-12-3-2-4-14-15(12)26-18(31-14)11-7-8-24-13(9-11)10-5-6-10/h7-10,12H,2-6H2,1H3,(H,25,30). The average Bonchev–Trinajstić information content (AvgIpc) is 3.35. The van der Waals surface area contributed by atoms with Gasteiger partial charge in [-0.2, -0.15) is 18.2 Å². The maximum absolute atomic E-state index is 12.8. The number of fused-ring (bicyclic) bond motifs is 1. The molecule has 2 aliphatic carbocycles. The lowest BCUT2D eigenvalue weighted by molar-refractivity contribution is -0.144. The smallest absolute Gasteiger partial charge is 0.441 e. The van der Waals surface area contributed by atoms with E-state index < -0.39 is 29.8 Å². The SMILES string of the molecule is Cn1nc(C(F)(F)F)nc1C(=O)NC1CCCc2oc(-c3ccnc(C4CC4)c3)nc21. The van der Waals surface area contributed by atoms with E-state index in [0.29, 0.717) is 36.1 Å². The first-order valence-electron chi connectivity index (χ1n) is 10.0. The van der Waals surface area contributed by atoms with Crippen molar-refractivity contribution in [3.8, 4) is 11.5 Å². The first-order valence-corrected chi connectivity index (χ1v) is 10.0. The Bertz CT molecular complexity index is 1150. The molecule has 1 fully saturated rings. The van der Waals surface area contributed by atoms with Gasteiger partial charge in [-0.1, -0.05) is 0 Å². The third kappa shape index (κ3) is 3.79. The van der Waals surface area contributed by atoms with Crippen molar-refractivity contribution in [3.63, 3.8) is 0 Å². The van der Waals surface area contributed by atoms with E-state index in [9.17, 15) is 18.0 Å². The van der Waals surface area contributed by atoms with Gasteiger partial charge in [0.15, 0.2) is 0 Å². The topological polar surface area (TPSA) is 98.7 Å². The molecule has 1 atom stereocenters. The second-order valence-corrected chi connectivity index (χ2v) is 7.87. The molecule has 0 aliphatic heterocycles. The Kier molecular flexibility index (Phi) is 4.56. The third-order valence-corrected chi connectivity index (χ3v) is 5.50. The molecule has 3 aromatic rings. The number of hydrogen-bond acceptors (Lipinski definition) is 6. The summed E-state index contributed by atoms with van der Waals surface area (Å²) in [6.45, 7) is 0. The van der Waals surface area contributed by atoms with Crippen molar-refractivity contribution in [3.05, 3.63) is 47.1 Å². The van der Waals surface area contributed by atoms with E-state index in [2.05, 4.69) is 25.4 Å². The van der Waals surface area contributed by atoms with E-state index in [0.717, 1.165) is 35.2 Å². The number of alkyl halides is 3. The number of hydrogen-bond donors (Lipinski definition) is 1. The molecular weight excluding hydrogens is 413 g/mol. The number of carbonyl (C=O) groups excluding carboxylic acids is 1. The van der Waals surface area contributed by atoms with Crippen molar-refractivity contribution in [2.24, 2.45) is 7.05 Å². The van der Waals surface area contributed by atoms with Crippen molar-refractivity contribution in [2.45, 2.75) is 50.2 Å². The first kappa shape index (κ1) is 19.7. The van der Waals surface area contributed by atoms with Gasteiger partial charge in [0.05, 0.1) is 6.04 Å². The lowest BCUT2D eigenvalue weighted by Crippen LogP contribution is -2.32. The fourth-order valence-corrected chi connectivity index (χ4v) is 3.79. The molecule has 162 valence electrons. The number of pyridine rings is 1. The molecule has 2 aliphatic rings. The van der Waals surface area contributed by atoms with Crippen LogP contribution in [0.4, 0.5) is 13.2 Å². The molecule has 11 heteroatoms. The van der Waals surface area contributed by atoms with E-state index in [1.54, 1.807) is 6.20 Å². The minimum absolute atomic E-state index is 0.411. The van der Waals surface area contributed by atoms with Crippen molar-refractivity contribution in [1.29, 1.82) is 0 Å². The summed E-state index contributed by atoms with van der Waals surface area (Å²) < 4.78 is 45.3. The van der Waals surface area contributed by atoms with Crippen molar-refractivity contribution in [1.82, 2.24) is 30.0 Å². The van der Waals surface area contributed by atoms with Crippen LogP contribution in [0, 0.1) is 0 Å².